The summed E-state index contributed by atoms with van der Waals surface area (Å²) < 4.78 is 7.66. The first kappa shape index (κ1) is 33.7. The van der Waals surface area contributed by atoms with E-state index >= 15 is 0 Å². The number of hydrogen-bond donors (Lipinski definition) is 0. The molecular formula is C55H34N2OS. The van der Waals surface area contributed by atoms with E-state index in [1.54, 1.807) is 0 Å². The van der Waals surface area contributed by atoms with E-state index in [4.69, 9.17) is 14.4 Å². The fourth-order valence-electron chi connectivity index (χ4n) is 9.36. The molecule has 4 heteroatoms. The van der Waals surface area contributed by atoms with E-state index < -0.39 is 5.41 Å². The molecule has 0 aliphatic heterocycles. The molecule has 3 nitrogen and oxygen atoms in total. The smallest absolute Gasteiger partial charge is 0.160 e. The molecule has 3 heterocycles. The highest BCUT2D eigenvalue weighted by Crippen LogP contribution is 2.58. The topological polar surface area (TPSA) is 38.9 Å². The summed E-state index contributed by atoms with van der Waals surface area (Å²) in [5.41, 5.74) is 14.5. The Kier molecular flexibility index (Phi) is 7.62. The molecule has 0 saturated heterocycles. The van der Waals surface area contributed by atoms with Gasteiger partial charge in [0.15, 0.2) is 5.82 Å². The van der Waals surface area contributed by atoms with Crippen LogP contribution in [0, 0.1) is 0 Å². The third-order valence-electron chi connectivity index (χ3n) is 12.0. The maximum absolute atomic E-state index is 6.37. The predicted molar refractivity (Wildman–Crippen MR) is 244 cm³/mol. The lowest BCUT2D eigenvalue weighted by Crippen LogP contribution is -2.28. The van der Waals surface area contributed by atoms with Gasteiger partial charge in [0.1, 0.15) is 11.2 Å². The molecule has 0 unspecified atom stereocenters. The van der Waals surface area contributed by atoms with Crippen LogP contribution in [0.25, 0.3) is 87.5 Å². The molecule has 0 radical (unpaired) electrons. The van der Waals surface area contributed by atoms with Crippen LogP contribution in [0.1, 0.15) is 22.3 Å². The summed E-state index contributed by atoms with van der Waals surface area (Å²) in [5, 5.41) is 3.44. The van der Waals surface area contributed by atoms with Gasteiger partial charge in [-0.1, -0.05) is 170 Å². The molecule has 0 saturated carbocycles. The van der Waals surface area contributed by atoms with Gasteiger partial charge in [-0.3, -0.25) is 0 Å². The normalized spacial score (nSPS) is 12.9. The van der Waals surface area contributed by atoms with Gasteiger partial charge in [-0.05, 0) is 80.7 Å². The van der Waals surface area contributed by atoms with E-state index in [-0.39, 0.29) is 0 Å². The molecule has 0 atom stereocenters. The summed E-state index contributed by atoms with van der Waals surface area (Å²) >= 11 is 1.82. The number of para-hydroxylation sites is 1. The van der Waals surface area contributed by atoms with E-state index in [9.17, 15) is 0 Å². The first-order valence-electron chi connectivity index (χ1n) is 20.0. The number of furan rings is 1. The van der Waals surface area contributed by atoms with Crippen LogP contribution < -0.4 is 0 Å². The maximum Gasteiger partial charge on any atom is 0.160 e. The molecule has 0 N–H and O–H groups in total. The van der Waals surface area contributed by atoms with Gasteiger partial charge in [-0.25, -0.2) is 9.97 Å². The number of thiophene rings is 1. The lowest BCUT2D eigenvalue weighted by molar-refractivity contribution is 0.669. The highest BCUT2D eigenvalue weighted by atomic mass is 32.1. The summed E-state index contributed by atoms with van der Waals surface area (Å²) in [7, 11) is 0. The van der Waals surface area contributed by atoms with Crippen molar-refractivity contribution in [3.05, 3.63) is 229 Å². The summed E-state index contributed by atoms with van der Waals surface area (Å²) in [5.74, 6) is 0.648. The molecule has 0 spiro atoms. The monoisotopic (exact) mass is 770 g/mol. The first-order valence-corrected chi connectivity index (χ1v) is 20.8. The van der Waals surface area contributed by atoms with E-state index in [1.165, 1.54) is 53.9 Å². The van der Waals surface area contributed by atoms with Crippen molar-refractivity contribution in [1.29, 1.82) is 0 Å². The van der Waals surface area contributed by atoms with Gasteiger partial charge in [0.05, 0.1) is 16.8 Å². The Bertz CT molecular complexity index is 3310. The summed E-state index contributed by atoms with van der Waals surface area (Å²) in [6, 6.07) is 73.9. The minimum Gasteiger partial charge on any atom is -0.456 e. The number of fused-ring (bicyclic) bond motifs is 7. The van der Waals surface area contributed by atoms with Crippen molar-refractivity contribution in [3.8, 4) is 55.5 Å². The van der Waals surface area contributed by atoms with Crippen LogP contribution in [0.15, 0.2) is 211 Å². The number of rotatable bonds is 6. The number of benzene rings is 8. The van der Waals surface area contributed by atoms with Crippen LogP contribution in [0.3, 0.4) is 0 Å². The minimum atomic E-state index is -0.516. The Morgan fingerprint density at radius 2 is 1.05 bits per heavy atom. The average Bonchev–Trinajstić information content (AvgIpc) is 4.00. The first-order chi connectivity index (χ1) is 29.2. The number of nitrogens with zero attached hydrogens (tertiary/aromatic N) is 2. The third kappa shape index (κ3) is 5.27. The van der Waals surface area contributed by atoms with Gasteiger partial charge in [0.25, 0.3) is 0 Å². The zero-order valence-corrected chi connectivity index (χ0v) is 32.7. The van der Waals surface area contributed by atoms with Gasteiger partial charge in [-0.15, -0.1) is 11.3 Å². The van der Waals surface area contributed by atoms with Crippen LogP contribution in [-0.4, -0.2) is 9.97 Å². The molecule has 11 aromatic rings. The highest BCUT2D eigenvalue weighted by Gasteiger charge is 2.46. The average molecular weight is 771 g/mol. The van der Waals surface area contributed by atoms with Crippen LogP contribution in [0.4, 0.5) is 0 Å². The largest absolute Gasteiger partial charge is 0.456 e. The molecule has 0 fully saturated rings. The molecule has 0 bridgehead atoms. The van der Waals surface area contributed by atoms with Crippen molar-refractivity contribution in [3.63, 3.8) is 0 Å². The molecule has 12 rings (SSSR count). The molecule has 8 aromatic carbocycles. The summed E-state index contributed by atoms with van der Waals surface area (Å²) in [4.78, 5) is 12.0. The van der Waals surface area contributed by atoms with Gasteiger partial charge in [0.2, 0.25) is 0 Å². The van der Waals surface area contributed by atoms with Crippen molar-refractivity contribution in [2.75, 3.05) is 0 Å². The second kappa shape index (κ2) is 13.3. The molecular weight excluding hydrogens is 737 g/mol. The Labute approximate surface area is 345 Å². The van der Waals surface area contributed by atoms with Crippen LogP contribution >= 0.6 is 11.3 Å². The number of hydrogen-bond acceptors (Lipinski definition) is 4. The molecule has 3 aromatic heterocycles. The van der Waals surface area contributed by atoms with Crippen molar-refractivity contribution >= 4 is 43.4 Å². The zero-order valence-electron chi connectivity index (χ0n) is 31.8. The number of aromatic nitrogens is 2. The van der Waals surface area contributed by atoms with Crippen LogP contribution in [0.5, 0.6) is 0 Å². The Morgan fingerprint density at radius 1 is 0.424 bits per heavy atom. The predicted octanol–water partition coefficient (Wildman–Crippen LogP) is 14.6. The lowest BCUT2D eigenvalue weighted by Gasteiger charge is -2.33. The standard InChI is InChI=1S/C55H34N2OS/c1-3-15-39(16-4-1)55(40-17-5-2-6-18-40)45-22-10-8-20-43(45)53-44(21-13-23-46(53)55)48-34-47(35-26-28-36(29-27-35)52-33-37-14-7-12-25-51(37)59-52)56-54(57-48)38-30-31-42-41-19-9-11-24-49(41)58-50(42)32-38/h1-34H. The molecule has 0 amide bonds. The van der Waals surface area contributed by atoms with E-state index in [1.807, 2.05) is 23.5 Å². The SMILES string of the molecule is c1ccc(C2(c3ccccc3)c3ccccc3-c3c(-c4cc(-c5ccc(-c6cc7ccccc7s6)cc5)nc(-c5ccc6c(c5)oc5ccccc56)n4)cccc32)cc1. The Morgan fingerprint density at radius 3 is 1.86 bits per heavy atom. The van der Waals surface area contributed by atoms with Crippen molar-refractivity contribution in [2.45, 2.75) is 5.41 Å². The molecule has 276 valence electrons. The van der Waals surface area contributed by atoms with Gasteiger partial charge in [0, 0.05) is 37.0 Å². The van der Waals surface area contributed by atoms with Gasteiger partial charge in [-0.2, -0.15) is 0 Å². The lowest BCUT2D eigenvalue weighted by atomic mass is 9.67. The zero-order chi connectivity index (χ0) is 38.9. The fourth-order valence-corrected chi connectivity index (χ4v) is 10.4. The molecule has 59 heavy (non-hydrogen) atoms. The maximum atomic E-state index is 6.37. The van der Waals surface area contributed by atoms with Crippen LogP contribution in [-0.2, 0) is 5.41 Å². The van der Waals surface area contributed by atoms with Crippen LogP contribution in [0.2, 0.25) is 0 Å². The van der Waals surface area contributed by atoms with Gasteiger partial charge >= 0.3 is 0 Å². The van der Waals surface area contributed by atoms with E-state index in [2.05, 4.69) is 194 Å². The van der Waals surface area contributed by atoms with Crippen molar-refractivity contribution < 1.29 is 4.42 Å². The van der Waals surface area contributed by atoms with E-state index in [0.717, 1.165) is 50.0 Å². The van der Waals surface area contributed by atoms with Gasteiger partial charge < -0.3 is 4.42 Å². The summed E-state index contributed by atoms with van der Waals surface area (Å²) in [6.07, 6.45) is 0. The fraction of sp³-hybridized carbons (Fsp3) is 0.0182. The highest BCUT2D eigenvalue weighted by molar-refractivity contribution is 7.22. The Hall–Kier alpha value is -7.40. The van der Waals surface area contributed by atoms with Crippen molar-refractivity contribution in [2.24, 2.45) is 0 Å². The van der Waals surface area contributed by atoms with Crippen molar-refractivity contribution in [1.82, 2.24) is 9.97 Å². The van der Waals surface area contributed by atoms with E-state index in [0.29, 0.717) is 5.82 Å². The Balaban J connectivity index is 1.08. The quantitative estimate of drug-likeness (QED) is 0.169. The minimum absolute atomic E-state index is 0.516. The summed E-state index contributed by atoms with van der Waals surface area (Å²) in [6.45, 7) is 0. The second-order valence-corrected chi connectivity index (χ2v) is 16.3. The third-order valence-corrected chi connectivity index (χ3v) is 13.2. The molecule has 1 aliphatic carbocycles. The molecule has 1 aliphatic rings. The second-order valence-electron chi connectivity index (χ2n) is 15.3.